The standard InChI is InChI=1S/C15H22O3/c1-3-18-12-8-11(9-12)10-14(16)13-6-4-5-7-15(13)17-2/h4-7,11-12,14,16H,3,8-10H2,1-2H3. The molecule has 0 aliphatic heterocycles. The van der Waals surface area contributed by atoms with Crippen molar-refractivity contribution in [3.63, 3.8) is 0 Å². The molecule has 0 saturated heterocycles. The minimum Gasteiger partial charge on any atom is -0.496 e. The molecule has 1 aromatic carbocycles. The van der Waals surface area contributed by atoms with Crippen molar-refractivity contribution in [2.45, 2.75) is 38.4 Å². The number of benzene rings is 1. The highest BCUT2D eigenvalue weighted by molar-refractivity contribution is 5.34. The first-order valence-electron chi connectivity index (χ1n) is 6.67. The third-order valence-corrected chi connectivity index (χ3v) is 3.65. The minimum atomic E-state index is -0.436. The van der Waals surface area contributed by atoms with Gasteiger partial charge in [0.15, 0.2) is 0 Å². The first-order valence-corrected chi connectivity index (χ1v) is 6.67. The van der Waals surface area contributed by atoms with E-state index in [9.17, 15) is 5.11 Å². The van der Waals surface area contributed by atoms with Crippen LogP contribution in [0.4, 0.5) is 0 Å². The number of aliphatic hydroxyl groups is 1. The number of hydrogen-bond donors (Lipinski definition) is 1. The second-order valence-electron chi connectivity index (χ2n) is 4.91. The molecule has 1 fully saturated rings. The molecule has 1 aliphatic rings. The molecule has 3 nitrogen and oxygen atoms in total. The number of rotatable bonds is 6. The maximum atomic E-state index is 10.3. The van der Waals surface area contributed by atoms with Crippen LogP contribution in [-0.4, -0.2) is 24.9 Å². The molecule has 0 bridgehead atoms. The Balaban J connectivity index is 1.87. The molecule has 1 N–H and O–H groups in total. The van der Waals surface area contributed by atoms with E-state index in [1.165, 1.54) is 0 Å². The van der Waals surface area contributed by atoms with E-state index in [0.29, 0.717) is 12.0 Å². The Morgan fingerprint density at radius 1 is 1.33 bits per heavy atom. The summed E-state index contributed by atoms with van der Waals surface area (Å²) in [6.45, 7) is 2.81. The molecule has 18 heavy (non-hydrogen) atoms. The van der Waals surface area contributed by atoms with Crippen molar-refractivity contribution in [3.8, 4) is 5.75 Å². The topological polar surface area (TPSA) is 38.7 Å². The van der Waals surface area contributed by atoms with Gasteiger partial charge in [-0.05, 0) is 38.2 Å². The molecular formula is C15H22O3. The van der Waals surface area contributed by atoms with Gasteiger partial charge >= 0.3 is 0 Å². The number of para-hydroxylation sites is 1. The normalized spacial score (nSPS) is 24.4. The van der Waals surface area contributed by atoms with Crippen LogP contribution in [0.15, 0.2) is 24.3 Å². The van der Waals surface area contributed by atoms with Gasteiger partial charge in [0.1, 0.15) is 5.75 Å². The Hall–Kier alpha value is -1.06. The molecule has 1 atom stereocenters. The lowest BCUT2D eigenvalue weighted by atomic mass is 9.78. The zero-order valence-electron chi connectivity index (χ0n) is 11.1. The van der Waals surface area contributed by atoms with Crippen molar-refractivity contribution in [3.05, 3.63) is 29.8 Å². The number of hydrogen-bond acceptors (Lipinski definition) is 3. The molecule has 2 rings (SSSR count). The summed E-state index contributed by atoms with van der Waals surface area (Å²) in [6, 6.07) is 7.68. The average Bonchev–Trinajstić information content (AvgIpc) is 2.36. The van der Waals surface area contributed by atoms with E-state index in [-0.39, 0.29) is 0 Å². The maximum Gasteiger partial charge on any atom is 0.124 e. The predicted molar refractivity (Wildman–Crippen MR) is 70.7 cm³/mol. The summed E-state index contributed by atoms with van der Waals surface area (Å²) in [5.74, 6) is 1.34. The number of methoxy groups -OCH3 is 1. The molecule has 0 spiro atoms. The minimum absolute atomic E-state index is 0.407. The SMILES string of the molecule is CCOC1CC(CC(O)c2ccccc2OC)C1. The summed E-state index contributed by atoms with van der Waals surface area (Å²) in [4.78, 5) is 0. The van der Waals surface area contributed by atoms with Crippen LogP contribution >= 0.6 is 0 Å². The van der Waals surface area contributed by atoms with Gasteiger partial charge < -0.3 is 14.6 Å². The molecule has 0 heterocycles. The average molecular weight is 250 g/mol. The Morgan fingerprint density at radius 2 is 2.06 bits per heavy atom. The van der Waals surface area contributed by atoms with E-state index in [1.807, 2.05) is 31.2 Å². The Morgan fingerprint density at radius 3 is 2.72 bits per heavy atom. The Kier molecular flexibility index (Phi) is 4.61. The van der Waals surface area contributed by atoms with E-state index >= 15 is 0 Å². The van der Waals surface area contributed by atoms with E-state index < -0.39 is 6.10 Å². The molecule has 1 unspecified atom stereocenters. The van der Waals surface area contributed by atoms with Crippen molar-refractivity contribution in [1.82, 2.24) is 0 Å². The van der Waals surface area contributed by atoms with Crippen LogP contribution in [0.25, 0.3) is 0 Å². The Bertz CT molecular complexity index is 372. The van der Waals surface area contributed by atoms with Gasteiger partial charge in [0.2, 0.25) is 0 Å². The summed E-state index contributed by atoms with van der Waals surface area (Å²) in [5, 5.41) is 10.3. The summed E-state index contributed by atoms with van der Waals surface area (Å²) in [7, 11) is 1.64. The lowest BCUT2D eigenvalue weighted by molar-refractivity contribution is -0.0381. The second kappa shape index (κ2) is 6.21. The molecule has 0 radical (unpaired) electrons. The van der Waals surface area contributed by atoms with E-state index in [4.69, 9.17) is 9.47 Å². The highest BCUT2D eigenvalue weighted by Crippen LogP contribution is 2.38. The zero-order chi connectivity index (χ0) is 13.0. The van der Waals surface area contributed by atoms with Crippen LogP contribution < -0.4 is 4.74 Å². The van der Waals surface area contributed by atoms with Gasteiger partial charge in [0.25, 0.3) is 0 Å². The van der Waals surface area contributed by atoms with Gasteiger partial charge in [0, 0.05) is 12.2 Å². The monoisotopic (exact) mass is 250 g/mol. The maximum absolute atomic E-state index is 10.3. The van der Waals surface area contributed by atoms with Crippen LogP contribution in [-0.2, 0) is 4.74 Å². The van der Waals surface area contributed by atoms with Crippen LogP contribution in [0.2, 0.25) is 0 Å². The molecular weight excluding hydrogens is 228 g/mol. The number of aliphatic hydroxyl groups excluding tert-OH is 1. The van der Waals surface area contributed by atoms with Crippen molar-refractivity contribution in [1.29, 1.82) is 0 Å². The first-order chi connectivity index (χ1) is 8.74. The summed E-state index contributed by atoms with van der Waals surface area (Å²) >= 11 is 0. The summed E-state index contributed by atoms with van der Waals surface area (Å²) in [6.07, 6.45) is 2.91. The van der Waals surface area contributed by atoms with Crippen molar-refractivity contribution in [2.75, 3.05) is 13.7 Å². The predicted octanol–water partition coefficient (Wildman–Crippen LogP) is 2.93. The summed E-state index contributed by atoms with van der Waals surface area (Å²) < 4.78 is 10.8. The molecule has 1 saturated carbocycles. The molecule has 3 heteroatoms. The first kappa shape index (κ1) is 13.4. The zero-order valence-corrected chi connectivity index (χ0v) is 11.1. The van der Waals surface area contributed by atoms with Gasteiger partial charge in [-0.1, -0.05) is 18.2 Å². The largest absolute Gasteiger partial charge is 0.496 e. The van der Waals surface area contributed by atoms with Gasteiger partial charge in [-0.2, -0.15) is 0 Å². The molecule has 0 aromatic heterocycles. The van der Waals surface area contributed by atoms with Crippen molar-refractivity contribution >= 4 is 0 Å². The lowest BCUT2D eigenvalue weighted by Gasteiger charge is -2.36. The lowest BCUT2D eigenvalue weighted by Crippen LogP contribution is -2.32. The summed E-state index contributed by atoms with van der Waals surface area (Å²) in [5.41, 5.74) is 0.889. The third kappa shape index (κ3) is 3.03. The fourth-order valence-corrected chi connectivity index (χ4v) is 2.62. The van der Waals surface area contributed by atoms with E-state index in [1.54, 1.807) is 7.11 Å². The smallest absolute Gasteiger partial charge is 0.124 e. The van der Waals surface area contributed by atoms with Crippen LogP contribution in [0.1, 0.15) is 37.9 Å². The number of ether oxygens (including phenoxy) is 2. The van der Waals surface area contributed by atoms with E-state index in [0.717, 1.165) is 37.2 Å². The molecule has 100 valence electrons. The van der Waals surface area contributed by atoms with Gasteiger partial charge in [-0.25, -0.2) is 0 Å². The van der Waals surface area contributed by atoms with Crippen LogP contribution in [0.5, 0.6) is 5.75 Å². The fraction of sp³-hybridized carbons (Fsp3) is 0.600. The van der Waals surface area contributed by atoms with Gasteiger partial charge in [-0.3, -0.25) is 0 Å². The fourth-order valence-electron chi connectivity index (χ4n) is 2.62. The third-order valence-electron chi connectivity index (χ3n) is 3.65. The molecule has 1 aliphatic carbocycles. The highest BCUT2D eigenvalue weighted by atomic mass is 16.5. The molecule has 0 amide bonds. The quantitative estimate of drug-likeness (QED) is 0.843. The van der Waals surface area contributed by atoms with Crippen molar-refractivity contribution < 1.29 is 14.6 Å². The van der Waals surface area contributed by atoms with Crippen molar-refractivity contribution in [2.24, 2.45) is 5.92 Å². The van der Waals surface area contributed by atoms with Crippen LogP contribution in [0.3, 0.4) is 0 Å². The van der Waals surface area contributed by atoms with Gasteiger partial charge in [-0.15, -0.1) is 0 Å². The van der Waals surface area contributed by atoms with E-state index in [2.05, 4.69) is 0 Å². The highest BCUT2D eigenvalue weighted by Gasteiger charge is 2.31. The molecule has 1 aromatic rings. The van der Waals surface area contributed by atoms with Crippen LogP contribution in [0, 0.1) is 5.92 Å². The Labute approximate surface area is 109 Å². The van der Waals surface area contributed by atoms with Gasteiger partial charge in [0.05, 0.1) is 19.3 Å². The second-order valence-corrected chi connectivity index (χ2v) is 4.91.